The van der Waals surface area contributed by atoms with Crippen LogP contribution in [0.25, 0.3) is 0 Å². The number of nitrogens with one attached hydrogen (secondary N) is 2. The number of rotatable bonds is 8. The highest BCUT2D eigenvalue weighted by molar-refractivity contribution is 7.93. The molecule has 0 saturated carbocycles. The molecule has 1 saturated heterocycles. The average molecular weight is 496 g/mol. The van der Waals surface area contributed by atoms with Crippen LogP contribution < -0.4 is 24.4 Å². The van der Waals surface area contributed by atoms with Crippen LogP contribution in [0.3, 0.4) is 0 Å². The number of sulfonamides is 1. The molecule has 4 rings (SSSR count). The molecule has 0 bridgehead atoms. The molecule has 2 N–H and O–H groups in total. The zero-order valence-corrected chi connectivity index (χ0v) is 20.6. The predicted molar refractivity (Wildman–Crippen MR) is 137 cm³/mol. The van der Waals surface area contributed by atoms with E-state index in [9.17, 15) is 13.2 Å². The van der Waals surface area contributed by atoms with Gasteiger partial charge in [-0.05, 0) is 67.8 Å². The SMILES string of the molecule is COc1cccc(C(=O)Nc2ccc(N3CCCCC3)c(S(=O)(=O)Nc3ccccc3OC)c2)c1. The van der Waals surface area contributed by atoms with Gasteiger partial charge in [0.2, 0.25) is 0 Å². The maximum absolute atomic E-state index is 13.6. The van der Waals surface area contributed by atoms with Crippen molar-refractivity contribution in [3.8, 4) is 11.5 Å². The molecule has 0 aromatic heterocycles. The Labute approximate surface area is 205 Å². The number of carbonyl (C=O) groups is 1. The second kappa shape index (κ2) is 10.7. The lowest BCUT2D eigenvalue weighted by atomic mass is 10.1. The minimum Gasteiger partial charge on any atom is -0.497 e. The molecule has 1 heterocycles. The van der Waals surface area contributed by atoms with Crippen LogP contribution in [0.4, 0.5) is 17.1 Å². The first-order valence-electron chi connectivity index (χ1n) is 11.4. The Morgan fingerprint density at radius 3 is 2.40 bits per heavy atom. The molecular formula is C26H29N3O5S. The van der Waals surface area contributed by atoms with Gasteiger partial charge in [0.05, 0.1) is 25.6 Å². The minimum atomic E-state index is -4.00. The van der Waals surface area contributed by atoms with E-state index in [4.69, 9.17) is 9.47 Å². The van der Waals surface area contributed by atoms with Crippen LogP contribution in [-0.4, -0.2) is 41.6 Å². The fraction of sp³-hybridized carbons (Fsp3) is 0.269. The van der Waals surface area contributed by atoms with E-state index in [1.165, 1.54) is 20.3 Å². The number of benzene rings is 3. The summed E-state index contributed by atoms with van der Waals surface area (Å²) in [7, 11) is -0.985. The number of nitrogens with zero attached hydrogens (tertiary/aromatic N) is 1. The van der Waals surface area contributed by atoms with Crippen molar-refractivity contribution in [2.45, 2.75) is 24.2 Å². The molecule has 0 radical (unpaired) electrons. The Balaban J connectivity index is 1.69. The first-order valence-corrected chi connectivity index (χ1v) is 12.9. The topological polar surface area (TPSA) is 97.0 Å². The van der Waals surface area contributed by atoms with Crippen molar-refractivity contribution in [3.63, 3.8) is 0 Å². The van der Waals surface area contributed by atoms with E-state index in [-0.39, 0.29) is 10.8 Å². The number of anilines is 3. The van der Waals surface area contributed by atoms with Crippen LogP contribution in [0.1, 0.15) is 29.6 Å². The molecule has 1 aliphatic heterocycles. The van der Waals surface area contributed by atoms with Gasteiger partial charge in [-0.25, -0.2) is 8.42 Å². The standard InChI is InChI=1S/C26H29N3O5S/c1-33-21-10-8-9-19(17-21)26(30)27-20-13-14-23(29-15-6-3-7-16-29)25(18-20)35(31,32)28-22-11-4-5-12-24(22)34-2/h4-5,8-14,17-18,28H,3,6-7,15-16H2,1-2H3,(H,27,30). The minimum absolute atomic E-state index is 0.0914. The van der Waals surface area contributed by atoms with E-state index in [0.717, 1.165) is 32.4 Å². The second-order valence-corrected chi connectivity index (χ2v) is 9.87. The first kappa shape index (κ1) is 24.4. The second-order valence-electron chi connectivity index (χ2n) is 8.22. The molecule has 0 aliphatic carbocycles. The van der Waals surface area contributed by atoms with Gasteiger partial charge in [0, 0.05) is 24.3 Å². The summed E-state index contributed by atoms with van der Waals surface area (Å²) in [5.41, 5.74) is 1.72. The lowest BCUT2D eigenvalue weighted by molar-refractivity contribution is 0.102. The zero-order valence-electron chi connectivity index (χ0n) is 19.8. The number of methoxy groups -OCH3 is 2. The van der Waals surface area contributed by atoms with Crippen molar-refractivity contribution in [3.05, 3.63) is 72.3 Å². The van der Waals surface area contributed by atoms with Gasteiger partial charge >= 0.3 is 0 Å². The summed E-state index contributed by atoms with van der Waals surface area (Å²) in [6.45, 7) is 1.54. The molecule has 1 amide bonds. The third-order valence-electron chi connectivity index (χ3n) is 5.89. The van der Waals surface area contributed by atoms with Crippen molar-refractivity contribution < 1.29 is 22.7 Å². The molecule has 8 nitrogen and oxygen atoms in total. The number of para-hydroxylation sites is 2. The number of carbonyl (C=O) groups excluding carboxylic acids is 1. The number of hydrogen-bond acceptors (Lipinski definition) is 6. The van der Waals surface area contributed by atoms with Gasteiger partial charge in [0.15, 0.2) is 0 Å². The Morgan fingerprint density at radius 2 is 1.66 bits per heavy atom. The maximum atomic E-state index is 13.6. The van der Waals surface area contributed by atoms with Gasteiger partial charge < -0.3 is 19.7 Å². The Bertz CT molecular complexity index is 1300. The Hall–Kier alpha value is -3.72. The molecule has 35 heavy (non-hydrogen) atoms. The van der Waals surface area contributed by atoms with Crippen LogP contribution in [0, 0.1) is 0 Å². The summed E-state index contributed by atoms with van der Waals surface area (Å²) >= 11 is 0. The average Bonchev–Trinajstić information content (AvgIpc) is 2.89. The molecule has 0 unspecified atom stereocenters. The van der Waals surface area contributed by atoms with E-state index in [1.807, 2.05) is 0 Å². The van der Waals surface area contributed by atoms with Crippen molar-refractivity contribution in [1.29, 1.82) is 0 Å². The smallest absolute Gasteiger partial charge is 0.264 e. The van der Waals surface area contributed by atoms with E-state index in [1.54, 1.807) is 60.7 Å². The van der Waals surface area contributed by atoms with Crippen molar-refractivity contribution >= 4 is 33.0 Å². The number of ether oxygens (including phenoxy) is 2. The zero-order chi connectivity index (χ0) is 24.8. The summed E-state index contributed by atoms with van der Waals surface area (Å²) in [5.74, 6) is 0.608. The summed E-state index contributed by atoms with van der Waals surface area (Å²) in [6.07, 6.45) is 3.11. The number of piperidine rings is 1. The van der Waals surface area contributed by atoms with Crippen LogP contribution in [-0.2, 0) is 10.0 Å². The monoisotopic (exact) mass is 495 g/mol. The third-order valence-corrected chi connectivity index (χ3v) is 7.28. The van der Waals surface area contributed by atoms with Crippen molar-refractivity contribution in [2.24, 2.45) is 0 Å². The molecule has 3 aromatic rings. The first-order chi connectivity index (χ1) is 16.9. The Kier molecular flexibility index (Phi) is 7.45. The van der Waals surface area contributed by atoms with Crippen molar-refractivity contribution in [1.82, 2.24) is 0 Å². The quantitative estimate of drug-likeness (QED) is 0.468. The highest BCUT2D eigenvalue weighted by Gasteiger charge is 2.25. The van der Waals surface area contributed by atoms with E-state index < -0.39 is 10.0 Å². The molecule has 3 aromatic carbocycles. The molecule has 0 atom stereocenters. The van der Waals surface area contributed by atoms with Crippen LogP contribution >= 0.6 is 0 Å². The van der Waals surface area contributed by atoms with E-state index in [2.05, 4.69) is 14.9 Å². The summed E-state index contributed by atoms with van der Waals surface area (Å²) in [5, 5.41) is 2.81. The van der Waals surface area contributed by atoms with Crippen LogP contribution in [0.15, 0.2) is 71.6 Å². The van der Waals surface area contributed by atoms with Gasteiger partial charge in [-0.2, -0.15) is 0 Å². The fourth-order valence-corrected chi connectivity index (χ4v) is 5.42. The summed E-state index contributed by atoms with van der Waals surface area (Å²) in [4.78, 5) is 15.0. The fourth-order valence-electron chi connectivity index (χ4n) is 4.10. The summed E-state index contributed by atoms with van der Waals surface area (Å²) in [6, 6.07) is 18.6. The highest BCUT2D eigenvalue weighted by Crippen LogP contribution is 2.34. The number of hydrogen-bond donors (Lipinski definition) is 2. The molecule has 0 spiro atoms. The lowest BCUT2D eigenvalue weighted by Crippen LogP contribution is -2.31. The lowest BCUT2D eigenvalue weighted by Gasteiger charge is -2.30. The molecule has 9 heteroatoms. The molecule has 184 valence electrons. The highest BCUT2D eigenvalue weighted by atomic mass is 32.2. The van der Waals surface area contributed by atoms with Crippen molar-refractivity contribution in [2.75, 3.05) is 42.2 Å². The third kappa shape index (κ3) is 5.68. The van der Waals surface area contributed by atoms with Gasteiger partial charge in [-0.15, -0.1) is 0 Å². The molecule has 1 fully saturated rings. The van der Waals surface area contributed by atoms with Crippen LogP contribution in [0.5, 0.6) is 11.5 Å². The maximum Gasteiger partial charge on any atom is 0.264 e. The largest absolute Gasteiger partial charge is 0.497 e. The molecule has 1 aliphatic rings. The van der Waals surface area contributed by atoms with Gasteiger partial charge in [0.25, 0.3) is 15.9 Å². The van der Waals surface area contributed by atoms with E-state index >= 15 is 0 Å². The normalized spacial score (nSPS) is 13.7. The summed E-state index contributed by atoms with van der Waals surface area (Å²) < 4.78 is 40.4. The van der Waals surface area contributed by atoms with Crippen LogP contribution in [0.2, 0.25) is 0 Å². The van der Waals surface area contributed by atoms with Gasteiger partial charge in [-0.3, -0.25) is 9.52 Å². The van der Waals surface area contributed by atoms with Gasteiger partial charge in [-0.1, -0.05) is 18.2 Å². The predicted octanol–water partition coefficient (Wildman–Crippen LogP) is 4.75. The van der Waals surface area contributed by atoms with E-state index in [0.29, 0.717) is 34.1 Å². The Morgan fingerprint density at radius 1 is 0.886 bits per heavy atom. The number of amides is 1. The van der Waals surface area contributed by atoms with Gasteiger partial charge in [0.1, 0.15) is 16.4 Å². The molecular weight excluding hydrogens is 466 g/mol.